The molecule has 1 N–H and O–H groups in total. The van der Waals surface area contributed by atoms with E-state index in [0.29, 0.717) is 5.13 Å². The van der Waals surface area contributed by atoms with E-state index in [9.17, 15) is 4.79 Å². The SMILES string of the molecule is CC(C)(C(=O)Nc1nccs1)C(c1ccccc1)c1ccc(Cc2ccccc2)cc1. The monoisotopic (exact) mass is 426 g/mol. The predicted octanol–water partition coefficient (Wildman–Crippen LogP) is 6.53. The maximum Gasteiger partial charge on any atom is 0.232 e. The summed E-state index contributed by atoms with van der Waals surface area (Å²) in [5.41, 5.74) is 4.12. The van der Waals surface area contributed by atoms with Crippen LogP contribution in [-0.4, -0.2) is 10.9 Å². The number of carbonyl (C=O) groups is 1. The normalized spacial score (nSPS) is 12.3. The molecular formula is C27H26N2OS. The van der Waals surface area contributed by atoms with E-state index in [0.717, 1.165) is 17.5 Å². The lowest BCUT2D eigenvalue weighted by atomic mass is 9.70. The highest BCUT2D eigenvalue weighted by Gasteiger charge is 2.39. The summed E-state index contributed by atoms with van der Waals surface area (Å²) in [6.07, 6.45) is 2.60. The molecule has 0 bridgehead atoms. The van der Waals surface area contributed by atoms with Crippen molar-refractivity contribution >= 4 is 22.4 Å². The van der Waals surface area contributed by atoms with Crippen molar-refractivity contribution in [2.75, 3.05) is 5.32 Å². The molecule has 0 saturated carbocycles. The average molecular weight is 427 g/mol. The van der Waals surface area contributed by atoms with Crippen molar-refractivity contribution in [2.45, 2.75) is 26.2 Å². The van der Waals surface area contributed by atoms with Crippen molar-refractivity contribution in [2.24, 2.45) is 5.41 Å². The van der Waals surface area contributed by atoms with E-state index in [4.69, 9.17) is 0 Å². The van der Waals surface area contributed by atoms with Gasteiger partial charge in [0.1, 0.15) is 0 Å². The zero-order valence-electron chi connectivity index (χ0n) is 17.8. The molecular weight excluding hydrogens is 400 g/mol. The third-order valence-corrected chi connectivity index (χ3v) is 6.35. The van der Waals surface area contributed by atoms with Crippen molar-refractivity contribution in [3.05, 3.63) is 119 Å². The number of rotatable bonds is 7. The first kappa shape index (κ1) is 21.0. The Morgan fingerprint density at radius 3 is 2.06 bits per heavy atom. The second kappa shape index (κ2) is 9.27. The molecule has 1 amide bonds. The highest BCUT2D eigenvalue weighted by Crippen LogP contribution is 2.42. The molecule has 1 atom stereocenters. The first-order valence-corrected chi connectivity index (χ1v) is 11.3. The third-order valence-electron chi connectivity index (χ3n) is 5.66. The Morgan fingerprint density at radius 1 is 0.871 bits per heavy atom. The molecule has 4 heteroatoms. The number of amides is 1. The largest absolute Gasteiger partial charge is 0.301 e. The van der Waals surface area contributed by atoms with Crippen molar-refractivity contribution in [3.63, 3.8) is 0 Å². The summed E-state index contributed by atoms with van der Waals surface area (Å²) in [5, 5.41) is 5.49. The molecule has 1 heterocycles. The lowest BCUT2D eigenvalue weighted by Gasteiger charge is -2.34. The molecule has 4 aromatic rings. The summed E-state index contributed by atoms with van der Waals surface area (Å²) in [5.74, 6) is -0.121. The Kier molecular flexibility index (Phi) is 6.28. The van der Waals surface area contributed by atoms with Crippen molar-refractivity contribution in [1.29, 1.82) is 0 Å². The quantitative estimate of drug-likeness (QED) is 0.365. The lowest BCUT2D eigenvalue weighted by Crippen LogP contribution is -2.37. The molecule has 31 heavy (non-hydrogen) atoms. The summed E-state index contributed by atoms with van der Waals surface area (Å²) >= 11 is 1.43. The molecule has 0 spiro atoms. The van der Waals surface area contributed by atoms with E-state index in [1.165, 1.54) is 22.5 Å². The van der Waals surface area contributed by atoms with Crippen LogP contribution in [0.25, 0.3) is 0 Å². The Bertz CT molecular complexity index is 1110. The molecule has 0 aliphatic carbocycles. The van der Waals surface area contributed by atoms with Gasteiger partial charge in [0.25, 0.3) is 0 Å². The van der Waals surface area contributed by atoms with Gasteiger partial charge in [-0.2, -0.15) is 0 Å². The van der Waals surface area contributed by atoms with Crippen LogP contribution in [0.15, 0.2) is 96.5 Å². The number of anilines is 1. The lowest BCUT2D eigenvalue weighted by molar-refractivity contribution is -0.124. The van der Waals surface area contributed by atoms with Gasteiger partial charge < -0.3 is 5.32 Å². The first-order valence-electron chi connectivity index (χ1n) is 10.4. The van der Waals surface area contributed by atoms with Crippen LogP contribution in [0.1, 0.15) is 42.0 Å². The molecule has 0 aliphatic rings. The number of aromatic nitrogens is 1. The van der Waals surface area contributed by atoms with Crippen LogP contribution in [0.5, 0.6) is 0 Å². The number of hydrogen-bond donors (Lipinski definition) is 1. The minimum absolute atomic E-state index is 0.0373. The average Bonchev–Trinajstić information content (AvgIpc) is 3.29. The fraction of sp³-hybridized carbons (Fsp3) is 0.185. The van der Waals surface area contributed by atoms with Crippen molar-refractivity contribution in [1.82, 2.24) is 4.98 Å². The van der Waals surface area contributed by atoms with Crippen LogP contribution in [0, 0.1) is 5.41 Å². The highest BCUT2D eigenvalue weighted by molar-refractivity contribution is 7.13. The Morgan fingerprint density at radius 2 is 1.45 bits per heavy atom. The first-order chi connectivity index (χ1) is 15.0. The summed E-state index contributed by atoms with van der Waals surface area (Å²) in [4.78, 5) is 17.5. The van der Waals surface area contributed by atoms with Gasteiger partial charge in [-0.1, -0.05) is 98.8 Å². The number of nitrogens with one attached hydrogen (secondary N) is 1. The summed E-state index contributed by atoms with van der Waals surface area (Å²) in [6.45, 7) is 4.01. The Labute approximate surface area is 187 Å². The van der Waals surface area contributed by atoms with E-state index < -0.39 is 5.41 Å². The summed E-state index contributed by atoms with van der Waals surface area (Å²) in [6, 6.07) is 29.4. The zero-order valence-corrected chi connectivity index (χ0v) is 18.6. The van der Waals surface area contributed by atoms with E-state index in [-0.39, 0.29) is 11.8 Å². The fourth-order valence-corrected chi connectivity index (χ4v) is 4.53. The van der Waals surface area contributed by atoms with Gasteiger partial charge in [-0.15, -0.1) is 11.3 Å². The van der Waals surface area contributed by atoms with Gasteiger partial charge in [-0.05, 0) is 28.7 Å². The second-order valence-electron chi connectivity index (χ2n) is 8.26. The van der Waals surface area contributed by atoms with Crippen LogP contribution < -0.4 is 5.32 Å². The predicted molar refractivity (Wildman–Crippen MR) is 128 cm³/mol. The molecule has 0 saturated heterocycles. The van der Waals surface area contributed by atoms with Crippen molar-refractivity contribution < 1.29 is 4.79 Å². The van der Waals surface area contributed by atoms with Crippen LogP contribution in [0.4, 0.5) is 5.13 Å². The van der Waals surface area contributed by atoms with Gasteiger partial charge in [0, 0.05) is 17.5 Å². The number of thiazole rings is 1. The van der Waals surface area contributed by atoms with Crippen LogP contribution in [0.2, 0.25) is 0 Å². The van der Waals surface area contributed by atoms with E-state index in [1.54, 1.807) is 6.20 Å². The van der Waals surface area contributed by atoms with Gasteiger partial charge in [-0.25, -0.2) is 4.98 Å². The molecule has 3 aromatic carbocycles. The molecule has 4 rings (SSSR count). The van der Waals surface area contributed by atoms with Gasteiger partial charge in [-0.3, -0.25) is 4.79 Å². The molecule has 156 valence electrons. The molecule has 0 aliphatic heterocycles. The minimum atomic E-state index is -0.673. The van der Waals surface area contributed by atoms with Crippen LogP contribution >= 0.6 is 11.3 Å². The van der Waals surface area contributed by atoms with E-state index >= 15 is 0 Å². The Hall–Kier alpha value is -3.24. The smallest absolute Gasteiger partial charge is 0.232 e. The topological polar surface area (TPSA) is 42.0 Å². The molecule has 1 aromatic heterocycles. The summed E-state index contributed by atoms with van der Waals surface area (Å²) in [7, 11) is 0. The standard InChI is InChI=1S/C27H26N2OS/c1-27(2,25(30)29-26-28-17-18-31-26)24(22-11-7-4-8-12-22)23-15-13-21(14-16-23)19-20-9-5-3-6-10-20/h3-18,24H,19H2,1-2H3,(H,28,29,30). The number of carbonyl (C=O) groups excluding carboxylic acids is 1. The van der Waals surface area contributed by atoms with Gasteiger partial charge in [0.05, 0.1) is 5.41 Å². The molecule has 0 radical (unpaired) electrons. The molecule has 3 nitrogen and oxygen atoms in total. The molecule has 1 unspecified atom stereocenters. The number of benzene rings is 3. The maximum atomic E-state index is 13.3. The summed E-state index contributed by atoms with van der Waals surface area (Å²) < 4.78 is 0. The zero-order chi connectivity index (χ0) is 21.7. The third kappa shape index (κ3) is 4.92. The number of nitrogens with zero attached hydrogens (tertiary/aromatic N) is 1. The van der Waals surface area contributed by atoms with Crippen LogP contribution in [-0.2, 0) is 11.2 Å². The second-order valence-corrected chi connectivity index (χ2v) is 9.16. The van der Waals surface area contributed by atoms with Gasteiger partial charge in [0.15, 0.2) is 5.13 Å². The number of hydrogen-bond acceptors (Lipinski definition) is 3. The Balaban J connectivity index is 1.64. The van der Waals surface area contributed by atoms with E-state index in [2.05, 4.69) is 71.0 Å². The van der Waals surface area contributed by atoms with Gasteiger partial charge >= 0.3 is 0 Å². The van der Waals surface area contributed by atoms with Crippen LogP contribution in [0.3, 0.4) is 0 Å². The fourth-order valence-electron chi connectivity index (χ4n) is 4.01. The molecule has 0 fully saturated rings. The van der Waals surface area contributed by atoms with Crippen molar-refractivity contribution in [3.8, 4) is 0 Å². The van der Waals surface area contributed by atoms with E-state index in [1.807, 2.05) is 43.5 Å². The maximum absolute atomic E-state index is 13.3. The van der Waals surface area contributed by atoms with Gasteiger partial charge in [0.2, 0.25) is 5.91 Å². The minimum Gasteiger partial charge on any atom is -0.301 e. The highest BCUT2D eigenvalue weighted by atomic mass is 32.1.